The van der Waals surface area contributed by atoms with Crippen LogP contribution in [-0.2, 0) is 19.1 Å². The predicted molar refractivity (Wildman–Crippen MR) is 407 cm³/mol. The van der Waals surface area contributed by atoms with Gasteiger partial charge in [-0.05, 0) is 161 Å². The first-order valence-electron chi connectivity index (χ1n) is 36.9. The number of esters is 2. The van der Waals surface area contributed by atoms with E-state index in [1.54, 1.807) is 0 Å². The minimum atomic E-state index is -0.796. The fraction of sp³-hybridized carbons (Fsp3) is 0.540. The average Bonchev–Trinajstić information content (AvgIpc) is 3.64. The molecule has 5 nitrogen and oxygen atoms in total. The predicted octanol–water partition coefficient (Wildman–Crippen LogP) is 26.4. The minimum absolute atomic E-state index is 0.0842. The Morgan fingerprint density at radius 1 is 0.250 bits per heavy atom. The molecule has 0 aliphatic heterocycles. The molecule has 512 valence electrons. The summed E-state index contributed by atoms with van der Waals surface area (Å²) < 4.78 is 10.8. The van der Waals surface area contributed by atoms with Crippen LogP contribution in [0.1, 0.15) is 284 Å². The van der Waals surface area contributed by atoms with E-state index in [0.717, 1.165) is 167 Å². The molecule has 1 atom stereocenters. The summed E-state index contributed by atoms with van der Waals surface area (Å²) in [6.45, 7) is 3.90. The summed E-state index contributed by atoms with van der Waals surface area (Å²) in [6, 6.07) is 0. The standard InChI is InChI=1S/C87H134O5/c1-3-5-7-9-11-13-15-17-19-21-23-25-27-29-31-33-35-37-39-41-42-43-44-46-48-50-52-54-56-58-60-62-64-66-68-70-72-74-76-78-80-82-87(90)92-85(83-88)84-91-86(89)81-79-77-75-73-71-69-67-65-63-61-59-57-55-53-51-49-47-45-40-38-36-34-32-30-28-26-24-22-20-18-16-14-12-10-8-6-4-2/h5-8,11-14,17-20,23-26,29-32,35-38,41-42,44-47,50-53,56-59,85,88H,3-4,9-10,15-16,21-22,27-28,33-34,39-40,43,48-49,54-55,60-84H2,1-2H3/b7-5-,8-6-,13-11-,14-12-,19-17-,20-18-,25-23-,26-24-,31-29-,32-30-,37-35-,38-36-,42-41-,46-44-,47-45-,52-50-,53-51-,58-56-,59-57-. The lowest BCUT2D eigenvalue weighted by Crippen LogP contribution is -2.28. The Labute approximate surface area is 566 Å². The first kappa shape index (κ1) is 86.0. The molecular weight excluding hydrogens is 1120 g/mol. The second-order valence-corrected chi connectivity index (χ2v) is 23.6. The lowest BCUT2D eigenvalue weighted by atomic mass is 10.0. The summed E-state index contributed by atoms with van der Waals surface area (Å²) in [5.41, 5.74) is 0. The molecule has 0 aromatic carbocycles. The molecule has 1 N–H and O–H groups in total. The van der Waals surface area contributed by atoms with Gasteiger partial charge in [-0.15, -0.1) is 0 Å². The quantitative estimate of drug-likeness (QED) is 0.0373. The van der Waals surface area contributed by atoms with Gasteiger partial charge in [-0.25, -0.2) is 0 Å². The highest BCUT2D eigenvalue weighted by atomic mass is 16.6. The van der Waals surface area contributed by atoms with Gasteiger partial charge in [0.2, 0.25) is 0 Å². The van der Waals surface area contributed by atoms with Crippen LogP contribution in [0.2, 0.25) is 0 Å². The van der Waals surface area contributed by atoms with Crippen molar-refractivity contribution in [2.24, 2.45) is 0 Å². The highest BCUT2D eigenvalue weighted by molar-refractivity contribution is 5.70. The lowest BCUT2D eigenvalue weighted by Gasteiger charge is -2.15. The normalized spacial score (nSPS) is 13.6. The van der Waals surface area contributed by atoms with Crippen LogP contribution >= 0.6 is 0 Å². The van der Waals surface area contributed by atoms with Crippen LogP contribution in [0.15, 0.2) is 231 Å². The van der Waals surface area contributed by atoms with E-state index in [2.05, 4.69) is 245 Å². The Bertz CT molecular complexity index is 2220. The molecule has 1 unspecified atom stereocenters. The number of aliphatic hydroxyl groups excluding tert-OH is 1. The zero-order chi connectivity index (χ0) is 66.1. The van der Waals surface area contributed by atoms with Gasteiger partial charge in [-0.3, -0.25) is 9.59 Å². The Kier molecular flexibility index (Phi) is 74.0. The first-order valence-corrected chi connectivity index (χ1v) is 36.9. The van der Waals surface area contributed by atoms with Crippen molar-refractivity contribution in [2.45, 2.75) is 290 Å². The SMILES string of the molecule is CC/C=C\C/C=C\C/C=C\C/C=C\C/C=C\C/C=C\C/C=C\C/C=C\C/C=C\C/C=C\CCCCCCCCCCCCC(=O)OC(CO)COC(=O)CCCCCCCCCCC/C=C\C/C=C\C/C=C\C/C=C\C/C=C\C/C=C\C/C=C\C/C=C\C/C=C\CC. The van der Waals surface area contributed by atoms with Crippen LogP contribution in [0.3, 0.4) is 0 Å². The van der Waals surface area contributed by atoms with Crippen molar-refractivity contribution in [3.8, 4) is 0 Å². The number of carbonyl (C=O) groups is 2. The third-order valence-electron chi connectivity index (χ3n) is 15.0. The van der Waals surface area contributed by atoms with Gasteiger partial charge in [0, 0.05) is 12.8 Å². The molecule has 0 fully saturated rings. The third kappa shape index (κ3) is 76.4. The van der Waals surface area contributed by atoms with Crippen molar-refractivity contribution in [1.29, 1.82) is 0 Å². The van der Waals surface area contributed by atoms with E-state index >= 15 is 0 Å². The van der Waals surface area contributed by atoms with Gasteiger partial charge >= 0.3 is 11.9 Å². The van der Waals surface area contributed by atoms with E-state index in [-0.39, 0.29) is 25.2 Å². The van der Waals surface area contributed by atoms with Gasteiger partial charge in [0.1, 0.15) is 6.61 Å². The Morgan fingerprint density at radius 2 is 0.435 bits per heavy atom. The van der Waals surface area contributed by atoms with E-state index in [9.17, 15) is 14.7 Å². The zero-order valence-electron chi connectivity index (χ0n) is 58.7. The number of hydrogen-bond donors (Lipinski definition) is 1. The Hall–Kier alpha value is -6.04. The van der Waals surface area contributed by atoms with Crippen molar-refractivity contribution in [1.82, 2.24) is 0 Å². The Balaban J connectivity index is 3.61. The monoisotopic (exact) mass is 1260 g/mol. The summed E-state index contributed by atoms with van der Waals surface area (Å²) in [7, 11) is 0. The van der Waals surface area contributed by atoms with Crippen molar-refractivity contribution in [2.75, 3.05) is 13.2 Å². The molecule has 0 amide bonds. The topological polar surface area (TPSA) is 72.8 Å². The van der Waals surface area contributed by atoms with Gasteiger partial charge in [-0.1, -0.05) is 341 Å². The number of unbranched alkanes of at least 4 members (excludes halogenated alkanes) is 19. The highest BCUT2D eigenvalue weighted by Gasteiger charge is 2.16. The van der Waals surface area contributed by atoms with E-state index in [0.29, 0.717) is 12.8 Å². The Morgan fingerprint density at radius 3 is 0.652 bits per heavy atom. The molecule has 0 aliphatic carbocycles. The van der Waals surface area contributed by atoms with Gasteiger partial charge in [0.05, 0.1) is 6.61 Å². The second kappa shape index (κ2) is 79.2. The lowest BCUT2D eigenvalue weighted by molar-refractivity contribution is -0.161. The van der Waals surface area contributed by atoms with Gasteiger partial charge in [-0.2, -0.15) is 0 Å². The van der Waals surface area contributed by atoms with Crippen molar-refractivity contribution >= 4 is 11.9 Å². The van der Waals surface area contributed by atoms with E-state index < -0.39 is 6.10 Å². The molecular formula is C87H134O5. The fourth-order valence-electron chi connectivity index (χ4n) is 9.52. The summed E-state index contributed by atoms with van der Waals surface area (Å²) in [6.07, 6.45) is 129. The van der Waals surface area contributed by atoms with Crippen LogP contribution < -0.4 is 0 Å². The summed E-state index contributed by atoms with van der Waals surface area (Å²) in [5.74, 6) is -0.614. The molecule has 0 aliphatic rings. The fourth-order valence-corrected chi connectivity index (χ4v) is 9.52. The molecule has 5 heteroatoms. The van der Waals surface area contributed by atoms with E-state index in [1.165, 1.54) is 89.9 Å². The molecule has 0 spiro atoms. The van der Waals surface area contributed by atoms with E-state index in [1.807, 2.05) is 0 Å². The number of hydrogen-bond acceptors (Lipinski definition) is 5. The van der Waals surface area contributed by atoms with Crippen molar-refractivity contribution < 1.29 is 24.2 Å². The summed E-state index contributed by atoms with van der Waals surface area (Å²) in [5, 5.41) is 9.72. The van der Waals surface area contributed by atoms with Crippen LogP contribution in [0.25, 0.3) is 0 Å². The van der Waals surface area contributed by atoms with Gasteiger partial charge in [0.15, 0.2) is 6.10 Å². The highest BCUT2D eigenvalue weighted by Crippen LogP contribution is 2.15. The molecule has 0 saturated carbocycles. The summed E-state index contributed by atoms with van der Waals surface area (Å²) in [4.78, 5) is 24.7. The van der Waals surface area contributed by atoms with Gasteiger partial charge < -0.3 is 14.6 Å². The summed E-state index contributed by atoms with van der Waals surface area (Å²) >= 11 is 0. The van der Waals surface area contributed by atoms with Crippen LogP contribution in [0, 0.1) is 0 Å². The maximum atomic E-state index is 12.4. The smallest absolute Gasteiger partial charge is 0.306 e. The first-order chi connectivity index (χ1) is 45.6. The van der Waals surface area contributed by atoms with Crippen molar-refractivity contribution in [3.05, 3.63) is 231 Å². The van der Waals surface area contributed by atoms with Crippen molar-refractivity contribution in [3.63, 3.8) is 0 Å². The maximum absolute atomic E-state index is 12.4. The third-order valence-corrected chi connectivity index (χ3v) is 15.0. The molecule has 0 radical (unpaired) electrons. The van der Waals surface area contributed by atoms with Crippen LogP contribution in [-0.4, -0.2) is 36.4 Å². The minimum Gasteiger partial charge on any atom is -0.462 e. The molecule has 92 heavy (non-hydrogen) atoms. The molecule has 0 aromatic rings. The average molecular weight is 1260 g/mol. The molecule has 0 aromatic heterocycles. The molecule has 0 heterocycles. The maximum Gasteiger partial charge on any atom is 0.306 e. The largest absolute Gasteiger partial charge is 0.462 e. The number of ether oxygens (including phenoxy) is 2. The molecule has 0 saturated heterocycles. The zero-order valence-corrected chi connectivity index (χ0v) is 58.7. The van der Waals surface area contributed by atoms with Crippen LogP contribution in [0.4, 0.5) is 0 Å². The number of rotatable bonds is 65. The number of allylic oxidation sites excluding steroid dienone is 38. The van der Waals surface area contributed by atoms with Crippen LogP contribution in [0.5, 0.6) is 0 Å². The van der Waals surface area contributed by atoms with Gasteiger partial charge in [0.25, 0.3) is 0 Å². The molecule has 0 bridgehead atoms. The number of carbonyl (C=O) groups excluding carboxylic acids is 2. The second-order valence-electron chi connectivity index (χ2n) is 23.6. The van der Waals surface area contributed by atoms with E-state index in [4.69, 9.17) is 9.47 Å². The molecule has 0 rings (SSSR count). The number of aliphatic hydroxyl groups is 1.